The number of hydrogen-bond donors (Lipinski definition) is 2. The Morgan fingerprint density at radius 3 is 1.71 bits per heavy atom. The molecule has 4 aliphatic rings. The molecule has 0 bridgehead atoms. The third-order valence-corrected chi connectivity index (χ3v) is 6.33. The van der Waals surface area contributed by atoms with Crippen LogP contribution < -0.4 is 11.5 Å². The van der Waals surface area contributed by atoms with Crippen LogP contribution in [0.4, 0.5) is 11.4 Å². The van der Waals surface area contributed by atoms with Crippen molar-refractivity contribution >= 4 is 22.1 Å². The van der Waals surface area contributed by atoms with Gasteiger partial charge < -0.3 is 30.4 Å². The van der Waals surface area contributed by atoms with Gasteiger partial charge in [-0.1, -0.05) is 12.1 Å². The van der Waals surface area contributed by atoms with Crippen molar-refractivity contribution in [2.45, 2.75) is 50.1 Å². The lowest BCUT2D eigenvalue weighted by Gasteiger charge is -2.22. The van der Waals surface area contributed by atoms with Crippen LogP contribution >= 0.6 is 0 Å². The van der Waals surface area contributed by atoms with Gasteiger partial charge in [0.25, 0.3) is 0 Å². The first-order chi connectivity index (χ1) is 13.7. The molecule has 4 heterocycles. The SMILES string of the molecule is Nc1c(CC2CO2)c(CC2CO2)c(CC2CO2)c2c(N)c(CC3CO3)ccc12. The van der Waals surface area contributed by atoms with E-state index in [4.69, 9.17) is 30.4 Å². The van der Waals surface area contributed by atoms with Crippen molar-refractivity contribution in [1.82, 2.24) is 0 Å². The Bertz CT molecular complexity index is 944. The first-order valence-corrected chi connectivity index (χ1v) is 10.3. The molecule has 6 rings (SSSR count). The molecule has 4 atom stereocenters. The van der Waals surface area contributed by atoms with Gasteiger partial charge in [0.2, 0.25) is 0 Å². The van der Waals surface area contributed by atoms with E-state index in [0.717, 1.165) is 79.8 Å². The lowest BCUT2D eigenvalue weighted by atomic mass is 9.84. The number of ether oxygens (including phenoxy) is 4. The normalized spacial score (nSPS) is 29.9. The molecule has 4 saturated heterocycles. The van der Waals surface area contributed by atoms with Crippen molar-refractivity contribution in [3.63, 3.8) is 0 Å². The predicted octanol–water partition coefficient (Wildman–Crippen LogP) is 1.77. The molecule has 0 radical (unpaired) electrons. The van der Waals surface area contributed by atoms with Crippen LogP contribution in [0.2, 0.25) is 0 Å². The van der Waals surface area contributed by atoms with E-state index >= 15 is 0 Å². The molecule has 0 aliphatic carbocycles. The Hall–Kier alpha value is -1.86. The fourth-order valence-corrected chi connectivity index (χ4v) is 4.43. The van der Waals surface area contributed by atoms with Gasteiger partial charge in [-0.3, -0.25) is 0 Å². The lowest BCUT2D eigenvalue weighted by Crippen LogP contribution is -2.14. The predicted molar refractivity (Wildman–Crippen MR) is 107 cm³/mol. The standard InChI is InChI=1S/C22H26N2O4/c23-21-11(3-12-7-25-12)1-2-16-20(21)18(5-14-9-27-14)17(4-13-8-26-13)19(22(16)24)6-15-10-28-15/h1-2,12-15H,3-10,23-24H2. The summed E-state index contributed by atoms with van der Waals surface area (Å²) in [6, 6.07) is 4.26. The van der Waals surface area contributed by atoms with Gasteiger partial charge in [0.05, 0.1) is 50.8 Å². The van der Waals surface area contributed by atoms with E-state index in [2.05, 4.69) is 12.1 Å². The van der Waals surface area contributed by atoms with Gasteiger partial charge in [0.1, 0.15) is 0 Å². The van der Waals surface area contributed by atoms with Gasteiger partial charge in [-0.25, -0.2) is 0 Å². The summed E-state index contributed by atoms with van der Waals surface area (Å²) in [5, 5.41) is 2.17. The number of fused-ring (bicyclic) bond motifs is 1. The van der Waals surface area contributed by atoms with E-state index in [9.17, 15) is 0 Å². The van der Waals surface area contributed by atoms with Gasteiger partial charge in [0.15, 0.2) is 0 Å². The summed E-state index contributed by atoms with van der Waals surface area (Å²) in [7, 11) is 0. The van der Waals surface area contributed by atoms with Crippen molar-refractivity contribution in [1.29, 1.82) is 0 Å². The Morgan fingerprint density at radius 2 is 1.14 bits per heavy atom. The average molecular weight is 382 g/mol. The number of epoxide rings is 4. The van der Waals surface area contributed by atoms with Crippen molar-refractivity contribution < 1.29 is 18.9 Å². The van der Waals surface area contributed by atoms with Gasteiger partial charge in [0, 0.05) is 47.8 Å². The molecule has 6 heteroatoms. The summed E-state index contributed by atoms with van der Waals surface area (Å²) in [6.45, 7) is 3.29. The van der Waals surface area contributed by atoms with E-state index < -0.39 is 0 Å². The summed E-state index contributed by atoms with van der Waals surface area (Å²) in [5.74, 6) is 0. The molecule has 148 valence electrons. The van der Waals surface area contributed by atoms with Crippen LogP contribution in [0.3, 0.4) is 0 Å². The maximum Gasteiger partial charge on any atom is 0.0851 e. The van der Waals surface area contributed by atoms with Crippen LogP contribution in [0, 0.1) is 0 Å². The van der Waals surface area contributed by atoms with Gasteiger partial charge in [-0.15, -0.1) is 0 Å². The number of nitrogens with two attached hydrogens (primary N) is 2. The second-order valence-electron chi connectivity index (χ2n) is 8.55. The molecule has 2 aromatic rings. The Kier molecular flexibility index (Phi) is 3.85. The third-order valence-electron chi connectivity index (χ3n) is 6.33. The lowest BCUT2D eigenvalue weighted by molar-refractivity contribution is 0.398. The first kappa shape index (κ1) is 17.0. The van der Waals surface area contributed by atoms with Crippen LogP contribution in [0.15, 0.2) is 12.1 Å². The van der Waals surface area contributed by atoms with Crippen molar-refractivity contribution in [3.8, 4) is 0 Å². The zero-order chi connectivity index (χ0) is 18.8. The quantitative estimate of drug-likeness (QED) is 0.533. The largest absolute Gasteiger partial charge is 0.398 e. The van der Waals surface area contributed by atoms with Crippen molar-refractivity contribution in [2.24, 2.45) is 0 Å². The molecule has 4 unspecified atom stereocenters. The monoisotopic (exact) mass is 382 g/mol. The second-order valence-corrected chi connectivity index (χ2v) is 8.55. The highest BCUT2D eigenvalue weighted by molar-refractivity contribution is 6.05. The zero-order valence-electron chi connectivity index (χ0n) is 15.9. The number of nitrogen functional groups attached to an aromatic ring is 2. The molecule has 4 aliphatic heterocycles. The molecular weight excluding hydrogens is 356 g/mol. The molecule has 0 aromatic heterocycles. The van der Waals surface area contributed by atoms with Crippen LogP contribution in [0.1, 0.15) is 22.3 Å². The summed E-state index contributed by atoms with van der Waals surface area (Å²) < 4.78 is 22.1. The summed E-state index contributed by atoms with van der Waals surface area (Å²) >= 11 is 0. The Labute approximate surface area is 164 Å². The first-order valence-electron chi connectivity index (χ1n) is 10.3. The highest BCUT2D eigenvalue weighted by Crippen LogP contribution is 2.42. The zero-order valence-corrected chi connectivity index (χ0v) is 15.9. The van der Waals surface area contributed by atoms with E-state index in [1.54, 1.807) is 0 Å². The Balaban J connectivity index is 1.56. The smallest absolute Gasteiger partial charge is 0.0851 e. The molecule has 2 aromatic carbocycles. The van der Waals surface area contributed by atoms with Crippen molar-refractivity contribution in [3.05, 3.63) is 34.4 Å². The van der Waals surface area contributed by atoms with Crippen LogP contribution in [-0.4, -0.2) is 50.8 Å². The van der Waals surface area contributed by atoms with Crippen LogP contribution in [0.5, 0.6) is 0 Å². The molecule has 4 fully saturated rings. The number of rotatable bonds is 8. The fourth-order valence-electron chi connectivity index (χ4n) is 4.43. The molecule has 0 spiro atoms. The maximum atomic E-state index is 6.73. The van der Waals surface area contributed by atoms with Gasteiger partial charge in [-0.2, -0.15) is 0 Å². The number of benzene rings is 2. The van der Waals surface area contributed by atoms with E-state index in [1.165, 1.54) is 16.7 Å². The van der Waals surface area contributed by atoms with E-state index in [0.29, 0.717) is 12.2 Å². The minimum Gasteiger partial charge on any atom is -0.398 e. The van der Waals surface area contributed by atoms with Crippen LogP contribution in [-0.2, 0) is 44.6 Å². The molecule has 0 amide bonds. The average Bonchev–Trinajstić information content (AvgIpc) is 3.53. The maximum absolute atomic E-state index is 6.73. The highest BCUT2D eigenvalue weighted by atomic mass is 16.6. The minimum atomic E-state index is 0.283. The molecule has 28 heavy (non-hydrogen) atoms. The molecule has 6 nitrogen and oxygen atoms in total. The summed E-state index contributed by atoms with van der Waals surface area (Å²) in [5.41, 5.74) is 20.1. The van der Waals surface area contributed by atoms with Crippen molar-refractivity contribution in [2.75, 3.05) is 37.9 Å². The molecular formula is C22H26N2O4. The van der Waals surface area contributed by atoms with E-state index in [-0.39, 0.29) is 12.2 Å². The third kappa shape index (κ3) is 3.24. The minimum absolute atomic E-state index is 0.283. The molecule has 0 saturated carbocycles. The topological polar surface area (TPSA) is 102 Å². The van der Waals surface area contributed by atoms with Gasteiger partial charge in [-0.05, 0) is 22.3 Å². The number of hydrogen-bond acceptors (Lipinski definition) is 6. The van der Waals surface area contributed by atoms with E-state index in [1.807, 2.05) is 0 Å². The highest BCUT2D eigenvalue weighted by Gasteiger charge is 2.34. The second kappa shape index (κ2) is 6.32. The fraction of sp³-hybridized carbons (Fsp3) is 0.545. The number of anilines is 2. The van der Waals surface area contributed by atoms with Gasteiger partial charge >= 0.3 is 0 Å². The molecule has 4 N–H and O–H groups in total. The summed E-state index contributed by atoms with van der Waals surface area (Å²) in [6.07, 6.45) is 4.65. The Morgan fingerprint density at radius 1 is 0.643 bits per heavy atom. The summed E-state index contributed by atoms with van der Waals surface area (Å²) in [4.78, 5) is 0. The van der Waals surface area contributed by atoms with Crippen LogP contribution in [0.25, 0.3) is 10.8 Å².